The molecule has 5 heteroatoms. The summed E-state index contributed by atoms with van der Waals surface area (Å²) in [4.78, 5) is 20.9. The molecule has 0 aromatic carbocycles. The number of anilines is 1. The van der Waals surface area contributed by atoms with Gasteiger partial charge in [0.1, 0.15) is 0 Å². The largest absolute Gasteiger partial charge is 0.368 e. The van der Waals surface area contributed by atoms with Crippen LogP contribution in [0.4, 0.5) is 5.69 Å². The molecule has 1 aromatic heterocycles. The average molecular weight is 316 g/mol. The van der Waals surface area contributed by atoms with Crippen molar-refractivity contribution in [2.24, 2.45) is 5.92 Å². The maximum Gasteiger partial charge on any atom is 0.234 e. The van der Waals surface area contributed by atoms with Crippen LogP contribution in [-0.4, -0.2) is 55.1 Å². The van der Waals surface area contributed by atoms with Crippen molar-refractivity contribution in [1.29, 1.82) is 0 Å². The van der Waals surface area contributed by atoms with E-state index in [2.05, 4.69) is 26.2 Å². The molecule has 1 N–H and O–H groups in total. The van der Waals surface area contributed by atoms with Gasteiger partial charge in [-0.1, -0.05) is 19.3 Å². The SMILES string of the molecule is O=C(CN1CCN(c2cccnc2)CC1)NCC1CCCCC1. The lowest BCUT2D eigenvalue weighted by atomic mass is 9.89. The smallest absolute Gasteiger partial charge is 0.234 e. The number of amides is 1. The van der Waals surface area contributed by atoms with Gasteiger partial charge in [0.15, 0.2) is 0 Å². The summed E-state index contributed by atoms with van der Waals surface area (Å²) in [5, 5.41) is 3.14. The number of aromatic nitrogens is 1. The Balaban J connectivity index is 1.36. The van der Waals surface area contributed by atoms with E-state index < -0.39 is 0 Å². The molecule has 1 aliphatic carbocycles. The average Bonchev–Trinajstić information content (AvgIpc) is 2.62. The van der Waals surface area contributed by atoms with Crippen LogP contribution in [0.5, 0.6) is 0 Å². The molecular formula is C18H28N4O. The summed E-state index contributed by atoms with van der Waals surface area (Å²) in [6, 6.07) is 4.07. The number of nitrogens with one attached hydrogen (secondary N) is 1. The fourth-order valence-electron chi connectivity index (χ4n) is 3.61. The van der Waals surface area contributed by atoms with E-state index in [1.807, 2.05) is 12.3 Å². The highest BCUT2D eigenvalue weighted by Gasteiger charge is 2.20. The summed E-state index contributed by atoms with van der Waals surface area (Å²) in [5.74, 6) is 0.889. The lowest BCUT2D eigenvalue weighted by Gasteiger charge is -2.35. The molecule has 1 aromatic rings. The third-order valence-electron chi connectivity index (χ3n) is 5.06. The van der Waals surface area contributed by atoms with E-state index in [4.69, 9.17) is 0 Å². The maximum atomic E-state index is 12.1. The molecule has 2 fully saturated rings. The topological polar surface area (TPSA) is 48.5 Å². The Kier molecular flexibility index (Phi) is 5.86. The summed E-state index contributed by atoms with van der Waals surface area (Å²) in [5.41, 5.74) is 1.17. The zero-order chi connectivity index (χ0) is 15.9. The van der Waals surface area contributed by atoms with Gasteiger partial charge in [0, 0.05) is 38.9 Å². The fourth-order valence-corrected chi connectivity index (χ4v) is 3.61. The van der Waals surface area contributed by atoms with E-state index in [0.717, 1.165) is 32.7 Å². The molecule has 0 spiro atoms. The van der Waals surface area contributed by atoms with E-state index in [9.17, 15) is 4.79 Å². The quantitative estimate of drug-likeness (QED) is 0.901. The van der Waals surface area contributed by atoms with Gasteiger partial charge in [-0.2, -0.15) is 0 Å². The first-order valence-corrected chi connectivity index (χ1v) is 8.95. The van der Waals surface area contributed by atoms with Crippen LogP contribution in [0.2, 0.25) is 0 Å². The number of piperazine rings is 1. The Labute approximate surface area is 139 Å². The number of rotatable bonds is 5. The predicted octanol–water partition coefficient (Wildman–Crippen LogP) is 1.90. The molecule has 1 saturated carbocycles. The van der Waals surface area contributed by atoms with Crippen LogP contribution in [0.3, 0.4) is 0 Å². The van der Waals surface area contributed by atoms with Crippen molar-refractivity contribution in [2.45, 2.75) is 32.1 Å². The number of carbonyl (C=O) groups is 1. The van der Waals surface area contributed by atoms with E-state index in [-0.39, 0.29) is 5.91 Å². The van der Waals surface area contributed by atoms with Crippen LogP contribution in [0.15, 0.2) is 24.5 Å². The van der Waals surface area contributed by atoms with Crippen molar-refractivity contribution < 1.29 is 4.79 Å². The molecule has 1 aliphatic heterocycles. The Morgan fingerprint density at radius 3 is 2.65 bits per heavy atom. The van der Waals surface area contributed by atoms with Crippen molar-refractivity contribution in [3.63, 3.8) is 0 Å². The highest BCUT2D eigenvalue weighted by Crippen LogP contribution is 2.22. The molecule has 1 saturated heterocycles. The molecule has 3 rings (SSSR count). The summed E-state index contributed by atoms with van der Waals surface area (Å²) in [6.45, 7) is 5.20. The second-order valence-corrected chi connectivity index (χ2v) is 6.78. The fraction of sp³-hybridized carbons (Fsp3) is 0.667. The highest BCUT2D eigenvalue weighted by atomic mass is 16.2. The van der Waals surface area contributed by atoms with Crippen LogP contribution >= 0.6 is 0 Å². The summed E-state index contributed by atoms with van der Waals surface area (Å²) >= 11 is 0. The van der Waals surface area contributed by atoms with Crippen LogP contribution in [-0.2, 0) is 4.79 Å². The molecular weight excluding hydrogens is 288 g/mol. The van der Waals surface area contributed by atoms with Crippen molar-refractivity contribution in [1.82, 2.24) is 15.2 Å². The third kappa shape index (κ3) is 4.93. The first-order valence-electron chi connectivity index (χ1n) is 8.95. The monoisotopic (exact) mass is 316 g/mol. The first-order chi connectivity index (χ1) is 11.3. The predicted molar refractivity (Wildman–Crippen MR) is 92.5 cm³/mol. The van der Waals surface area contributed by atoms with Gasteiger partial charge < -0.3 is 10.2 Å². The molecule has 126 valence electrons. The van der Waals surface area contributed by atoms with Gasteiger partial charge in [0.25, 0.3) is 0 Å². The Hall–Kier alpha value is -1.62. The van der Waals surface area contributed by atoms with E-state index in [1.54, 1.807) is 6.20 Å². The Bertz CT molecular complexity index is 479. The molecule has 0 atom stereocenters. The van der Waals surface area contributed by atoms with Crippen LogP contribution in [0, 0.1) is 5.92 Å². The van der Waals surface area contributed by atoms with Gasteiger partial charge in [-0.05, 0) is 30.9 Å². The standard InChI is InChI=1S/C18H28N4O/c23-18(20-13-16-5-2-1-3-6-16)15-21-9-11-22(12-10-21)17-7-4-8-19-14-17/h4,7-8,14,16H,1-3,5-6,9-13,15H2,(H,20,23). The van der Waals surface area contributed by atoms with Gasteiger partial charge in [-0.15, -0.1) is 0 Å². The molecule has 0 unspecified atom stereocenters. The second-order valence-electron chi connectivity index (χ2n) is 6.78. The molecule has 0 bridgehead atoms. The van der Waals surface area contributed by atoms with Crippen molar-refractivity contribution in [3.05, 3.63) is 24.5 Å². The maximum absolute atomic E-state index is 12.1. The second kappa shape index (κ2) is 8.29. The van der Waals surface area contributed by atoms with Gasteiger partial charge in [-0.25, -0.2) is 0 Å². The number of carbonyl (C=O) groups excluding carboxylic acids is 1. The van der Waals surface area contributed by atoms with E-state index in [0.29, 0.717) is 12.5 Å². The van der Waals surface area contributed by atoms with Gasteiger partial charge >= 0.3 is 0 Å². The zero-order valence-electron chi connectivity index (χ0n) is 13.9. The third-order valence-corrected chi connectivity index (χ3v) is 5.06. The summed E-state index contributed by atoms with van der Waals surface area (Å²) in [6.07, 6.45) is 10.3. The number of hydrogen-bond acceptors (Lipinski definition) is 4. The first kappa shape index (κ1) is 16.2. The van der Waals surface area contributed by atoms with Crippen LogP contribution in [0.1, 0.15) is 32.1 Å². The Morgan fingerprint density at radius 1 is 1.17 bits per heavy atom. The van der Waals surface area contributed by atoms with E-state index in [1.165, 1.54) is 37.8 Å². The molecule has 1 amide bonds. The minimum atomic E-state index is 0.186. The number of pyridine rings is 1. The molecule has 2 heterocycles. The Morgan fingerprint density at radius 2 is 1.96 bits per heavy atom. The minimum Gasteiger partial charge on any atom is -0.368 e. The van der Waals surface area contributed by atoms with Crippen molar-refractivity contribution in [3.8, 4) is 0 Å². The summed E-state index contributed by atoms with van der Waals surface area (Å²) in [7, 11) is 0. The molecule has 5 nitrogen and oxygen atoms in total. The van der Waals surface area contributed by atoms with Crippen LogP contribution in [0.25, 0.3) is 0 Å². The van der Waals surface area contributed by atoms with Crippen LogP contribution < -0.4 is 10.2 Å². The van der Waals surface area contributed by atoms with Crippen molar-refractivity contribution in [2.75, 3.05) is 44.2 Å². The molecule has 2 aliphatic rings. The molecule has 0 radical (unpaired) electrons. The lowest BCUT2D eigenvalue weighted by Crippen LogP contribution is -2.49. The zero-order valence-corrected chi connectivity index (χ0v) is 13.9. The summed E-state index contributed by atoms with van der Waals surface area (Å²) < 4.78 is 0. The van der Waals surface area contributed by atoms with Gasteiger partial charge in [-0.3, -0.25) is 14.7 Å². The lowest BCUT2D eigenvalue weighted by molar-refractivity contribution is -0.122. The van der Waals surface area contributed by atoms with E-state index >= 15 is 0 Å². The number of hydrogen-bond donors (Lipinski definition) is 1. The highest BCUT2D eigenvalue weighted by molar-refractivity contribution is 5.78. The number of nitrogens with zero attached hydrogens (tertiary/aromatic N) is 3. The van der Waals surface area contributed by atoms with Gasteiger partial charge in [0.05, 0.1) is 18.4 Å². The minimum absolute atomic E-state index is 0.186. The van der Waals surface area contributed by atoms with Crippen molar-refractivity contribution >= 4 is 11.6 Å². The van der Waals surface area contributed by atoms with Gasteiger partial charge in [0.2, 0.25) is 5.91 Å². The normalized spacial score (nSPS) is 20.4. The molecule has 23 heavy (non-hydrogen) atoms.